The lowest BCUT2D eigenvalue weighted by molar-refractivity contribution is 0.199. The number of aromatic amines is 1. The van der Waals surface area contributed by atoms with E-state index in [1.807, 2.05) is 0 Å². The molecule has 8 heteroatoms. The third-order valence-electron chi connectivity index (χ3n) is 2.62. The number of methoxy groups -OCH3 is 1. The van der Waals surface area contributed by atoms with Crippen molar-refractivity contribution in [2.24, 2.45) is 0 Å². The number of ether oxygens (including phenoxy) is 1. The van der Waals surface area contributed by atoms with E-state index < -0.39 is 0 Å². The first-order valence-corrected chi connectivity index (χ1v) is 6.97. The second kappa shape index (κ2) is 7.51. The molecule has 0 saturated carbocycles. The summed E-state index contributed by atoms with van der Waals surface area (Å²) in [5.41, 5.74) is 0.714. The van der Waals surface area contributed by atoms with E-state index in [1.54, 1.807) is 13.2 Å². The molecule has 0 bridgehead atoms. The maximum absolute atomic E-state index is 11.7. The van der Waals surface area contributed by atoms with Gasteiger partial charge in [0.15, 0.2) is 5.82 Å². The van der Waals surface area contributed by atoms with Crippen LogP contribution >= 0.6 is 23.2 Å². The molecule has 0 aromatic carbocycles. The highest BCUT2D eigenvalue weighted by molar-refractivity contribution is 6.35. The number of nitrogens with zero attached hydrogens (tertiary/aromatic N) is 2. The van der Waals surface area contributed by atoms with Gasteiger partial charge >= 0.3 is 0 Å². The molecule has 2 aromatic heterocycles. The van der Waals surface area contributed by atoms with Crippen molar-refractivity contribution in [3.8, 4) is 11.5 Å². The van der Waals surface area contributed by atoms with Crippen LogP contribution in [0.4, 0.5) is 0 Å². The number of H-pyrrole nitrogens is 1. The third kappa shape index (κ3) is 4.50. The van der Waals surface area contributed by atoms with Gasteiger partial charge in [0.1, 0.15) is 5.69 Å². The van der Waals surface area contributed by atoms with Crippen molar-refractivity contribution in [3.05, 3.63) is 44.4 Å². The number of pyridine rings is 1. The molecule has 0 fully saturated rings. The molecule has 2 rings (SSSR count). The molecule has 0 radical (unpaired) electrons. The Morgan fingerprint density at radius 1 is 1.38 bits per heavy atom. The number of hydrogen-bond acceptors (Lipinski definition) is 5. The van der Waals surface area contributed by atoms with Crippen LogP contribution in [0.2, 0.25) is 10.0 Å². The van der Waals surface area contributed by atoms with E-state index >= 15 is 0 Å². The van der Waals surface area contributed by atoms with Gasteiger partial charge in [-0.2, -0.15) is 0 Å². The summed E-state index contributed by atoms with van der Waals surface area (Å²) < 4.78 is 4.93. The monoisotopic (exact) mass is 328 g/mol. The maximum atomic E-state index is 11.7. The Balaban J connectivity index is 2.24. The molecule has 2 N–H and O–H groups in total. The largest absolute Gasteiger partial charge is 0.383 e. The van der Waals surface area contributed by atoms with Crippen LogP contribution in [0.5, 0.6) is 0 Å². The minimum atomic E-state index is -0.267. The third-order valence-corrected chi connectivity index (χ3v) is 3.11. The predicted octanol–water partition coefficient (Wildman–Crippen LogP) is 1.87. The SMILES string of the molecule is COCCNCc1cc(=O)[nH]c(-c2ncc(Cl)cc2Cl)n1. The van der Waals surface area contributed by atoms with Gasteiger partial charge in [-0.25, -0.2) is 9.97 Å². The fraction of sp³-hybridized carbons (Fsp3) is 0.308. The van der Waals surface area contributed by atoms with Gasteiger partial charge in [-0.3, -0.25) is 4.79 Å². The van der Waals surface area contributed by atoms with Crippen molar-refractivity contribution < 1.29 is 4.74 Å². The molecular formula is C13H14Cl2N4O2. The molecule has 0 aliphatic rings. The fourth-order valence-electron chi connectivity index (χ4n) is 1.69. The maximum Gasteiger partial charge on any atom is 0.251 e. The van der Waals surface area contributed by atoms with Crippen molar-refractivity contribution >= 4 is 23.2 Å². The van der Waals surface area contributed by atoms with Crippen LogP contribution in [0.1, 0.15) is 5.69 Å². The molecule has 0 amide bonds. The minimum Gasteiger partial charge on any atom is -0.383 e. The standard InChI is InChI=1S/C13H14Cl2N4O2/c1-21-3-2-16-7-9-5-11(20)19-13(18-9)12-10(15)4-8(14)6-17-12/h4-6,16H,2-3,7H2,1H3,(H,18,19,20). The quantitative estimate of drug-likeness (QED) is 0.791. The minimum absolute atomic E-state index is 0.267. The first-order chi connectivity index (χ1) is 10.1. The zero-order valence-electron chi connectivity index (χ0n) is 11.3. The van der Waals surface area contributed by atoms with Crippen LogP contribution in [0.25, 0.3) is 11.5 Å². The van der Waals surface area contributed by atoms with Crippen molar-refractivity contribution in [2.45, 2.75) is 6.54 Å². The molecular weight excluding hydrogens is 315 g/mol. The number of aromatic nitrogens is 3. The highest BCUT2D eigenvalue weighted by Gasteiger charge is 2.10. The Bertz CT molecular complexity index is 675. The summed E-state index contributed by atoms with van der Waals surface area (Å²) in [7, 11) is 1.62. The summed E-state index contributed by atoms with van der Waals surface area (Å²) in [5.74, 6) is 0.313. The molecule has 2 heterocycles. The fourth-order valence-corrected chi connectivity index (χ4v) is 2.16. The molecule has 112 valence electrons. The first-order valence-electron chi connectivity index (χ1n) is 6.21. The molecule has 0 saturated heterocycles. The zero-order chi connectivity index (χ0) is 15.2. The van der Waals surface area contributed by atoms with Gasteiger partial charge in [-0.05, 0) is 6.07 Å². The molecule has 0 aliphatic heterocycles. The van der Waals surface area contributed by atoms with Gasteiger partial charge < -0.3 is 15.0 Å². The number of halogens is 2. The Hall–Kier alpha value is -1.47. The lowest BCUT2D eigenvalue weighted by Crippen LogP contribution is -2.21. The number of hydrogen-bond donors (Lipinski definition) is 2. The second-order valence-corrected chi connectivity index (χ2v) is 5.08. The van der Waals surface area contributed by atoms with Crippen LogP contribution in [0, 0.1) is 0 Å². The van der Waals surface area contributed by atoms with E-state index in [4.69, 9.17) is 27.9 Å². The van der Waals surface area contributed by atoms with Crippen molar-refractivity contribution in [1.29, 1.82) is 0 Å². The van der Waals surface area contributed by atoms with Crippen molar-refractivity contribution in [1.82, 2.24) is 20.3 Å². The lowest BCUT2D eigenvalue weighted by Gasteiger charge is -2.07. The van der Waals surface area contributed by atoms with E-state index in [0.29, 0.717) is 47.0 Å². The molecule has 0 atom stereocenters. The first kappa shape index (κ1) is 15.9. The topological polar surface area (TPSA) is 79.9 Å². The van der Waals surface area contributed by atoms with Gasteiger partial charge in [0.2, 0.25) is 0 Å². The Kier molecular flexibility index (Phi) is 5.69. The van der Waals surface area contributed by atoms with Crippen LogP contribution in [-0.4, -0.2) is 35.2 Å². The summed E-state index contributed by atoms with van der Waals surface area (Å²) in [5, 5.41) is 3.87. The van der Waals surface area contributed by atoms with E-state index in [1.165, 1.54) is 12.3 Å². The molecule has 0 spiro atoms. The van der Waals surface area contributed by atoms with Crippen LogP contribution in [-0.2, 0) is 11.3 Å². The Labute approximate surface area is 131 Å². The van der Waals surface area contributed by atoms with Crippen molar-refractivity contribution in [3.63, 3.8) is 0 Å². The van der Waals surface area contributed by atoms with Crippen LogP contribution < -0.4 is 10.9 Å². The van der Waals surface area contributed by atoms with Crippen LogP contribution in [0.3, 0.4) is 0 Å². The van der Waals surface area contributed by atoms with E-state index in [0.717, 1.165) is 0 Å². The smallest absolute Gasteiger partial charge is 0.251 e. The van der Waals surface area contributed by atoms with E-state index in [-0.39, 0.29) is 5.56 Å². The zero-order valence-corrected chi connectivity index (χ0v) is 12.8. The highest BCUT2D eigenvalue weighted by atomic mass is 35.5. The molecule has 0 aliphatic carbocycles. The van der Waals surface area contributed by atoms with Crippen molar-refractivity contribution in [2.75, 3.05) is 20.3 Å². The van der Waals surface area contributed by atoms with Crippen LogP contribution in [0.15, 0.2) is 23.1 Å². The van der Waals surface area contributed by atoms with E-state index in [2.05, 4.69) is 20.3 Å². The summed E-state index contributed by atoms with van der Waals surface area (Å²) >= 11 is 11.9. The summed E-state index contributed by atoms with van der Waals surface area (Å²) in [6.07, 6.45) is 1.45. The van der Waals surface area contributed by atoms with E-state index in [9.17, 15) is 4.79 Å². The molecule has 21 heavy (non-hydrogen) atoms. The average Bonchev–Trinajstić information content (AvgIpc) is 2.43. The molecule has 6 nitrogen and oxygen atoms in total. The second-order valence-electron chi connectivity index (χ2n) is 4.24. The highest BCUT2D eigenvalue weighted by Crippen LogP contribution is 2.24. The summed E-state index contributed by atoms with van der Waals surface area (Å²) in [6.45, 7) is 1.70. The Morgan fingerprint density at radius 3 is 2.90 bits per heavy atom. The van der Waals surface area contributed by atoms with Gasteiger partial charge in [0.25, 0.3) is 5.56 Å². The average molecular weight is 329 g/mol. The summed E-state index contributed by atoms with van der Waals surface area (Å²) in [4.78, 5) is 22.8. The summed E-state index contributed by atoms with van der Waals surface area (Å²) in [6, 6.07) is 2.97. The molecule has 0 unspecified atom stereocenters. The number of rotatable bonds is 6. The normalized spacial score (nSPS) is 10.8. The molecule has 2 aromatic rings. The predicted molar refractivity (Wildman–Crippen MR) is 81.7 cm³/mol. The number of nitrogens with one attached hydrogen (secondary N) is 2. The van der Waals surface area contributed by atoms with Gasteiger partial charge in [0.05, 0.1) is 22.3 Å². The van der Waals surface area contributed by atoms with Gasteiger partial charge in [-0.1, -0.05) is 23.2 Å². The van der Waals surface area contributed by atoms with Gasteiger partial charge in [-0.15, -0.1) is 0 Å². The van der Waals surface area contributed by atoms with Gasteiger partial charge in [0, 0.05) is 32.5 Å². The lowest BCUT2D eigenvalue weighted by atomic mass is 10.3. The Morgan fingerprint density at radius 2 is 2.19 bits per heavy atom.